The molecule has 2 heteroatoms. The molecule has 0 aliphatic carbocycles. The van der Waals surface area contributed by atoms with Crippen LogP contribution in [0.5, 0.6) is 0 Å². The van der Waals surface area contributed by atoms with Crippen molar-refractivity contribution in [2.24, 2.45) is 0 Å². The summed E-state index contributed by atoms with van der Waals surface area (Å²) in [6.45, 7) is 6.12. The summed E-state index contributed by atoms with van der Waals surface area (Å²) in [5.74, 6) is 0.248. The van der Waals surface area contributed by atoms with Gasteiger partial charge in [0.25, 0.3) is 0 Å². The molecule has 18 heavy (non-hydrogen) atoms. The topological polar surface area (TPSA) is 43.1 Å². The van der Waals surface area contributed by atoms with E-state index in [1.54, 1.807) is 0 Å². The Bertz CT molecular complexity index is 387. The monoisotopic (exact) mass is 247 g/mol. The first-order valence-corrected chi connectivity index (χ1v) is 6.96. The van der Waals surface area contributed by atoms with Crippen LogP contribution < -0.4 is 5.73 Å². The van der Waals surface area contributed by atoms with Crippen LogP contribution in [0.15, 0.2) is 12.1 Å². The molecule has 2 nitrogen and oxygen atoms in total. The van der Waals surface area contributed by atoms with E-state index in [1.165, 1.54) is 19.3 Å². The van der Waals surface area contributed by atoms with E-state index in [9.17, 15) is 4.79 Å². The minimum atomic E-state index is 0.248. The lowest BCUT2D eigenvalue weighted by molar-refractivity contribution is 0.0979. The normalized spacial score (nSPS) is 10.6. The molecule has 0 bridgehead atoms. The zero-order valence-electron chi connectivity index (χ0n) is 11.9. The molecule has 0 radical (unpaired) electrons. The number of aryl methyl sites for hydroxylation is 2. The number of nitrogen functional groups attached to an aromatic ring is 1. The molecule has 0 heterocycles. The highest BCUT2D eigenvalue weighted by atomic mass is 16.1. The Morgan fingerprint density at radius 3 is 2.17 bits per heavy atom. The van der Waals surface area contributed by atoms with Gasteiger partial charge in [-0.3, -0.25) is 4.79 Å². The molecule has 0 saturated carbocycles. The maximum atomic E-state index is 12.1. The van der Waals surface area contributed by atoms with Gasteiger partial charge in [-0.2, -0.15) is 0 Å². The molecular formula is C16H25NO. The standard InChI is InChI=1S/C16H25NO/c1-4-5-6-7-8-9-15(18)14-10-12(2)16(17)13(3)11-14/h10-11H,4-9,17H2,1-3H3. The van der Waals surface area contributed by atoms with E-state index in [1.807, 2.05) is 26.0 Å². The molecule has 1 aromatic rings. The highest BCUT2D eigenvalue weighted by Crippen LogP contribution is 2.20. The number of ketones is 1. The quantitative estimate of drug-likeness (QED) is 0.440. The zero-order valence-corrected chi connectivity index (χ0v) is 11.9. The molecule has 0 saturated heterocycles. The molecule has 1 rings (SSSR count). The molecule has 1 aromatic carbocycles. The lowest BCUT2D eigenvalue weighted by Gasteiger charge is -2.08. The Labute approximate surface area is 111 Å². The van der Waals surface area contributed by atoms with Crippen LogP contribution in [-0.2, 0) is 0 Å². The van der Waals surface area contributed by atoms with Crippen LogP contribution in [0.4, 0.5) is 5.69 Å². The summed E-state index contributed by atoms with van der Waals surface area (Å²) in [7, 11) is 0. The van der Waals surface area contributed by atoms with E-state index in [2.05, 4.69) is 6.92 Å². The number of carbonyl (C=O) groups is 1. The number of benzene rings is 1. The van der Waals surface area contributed by atoms with E-state index < -0.39 is 0 Å². The predicted octanol–water partition coefficient (Wildman–Crippen LogP) is 4.43. The average molecular weight is 247 g/mol. The van der Waals surface area contributed by atoms with Crippen molar-refractivity contribution in [3.8, 4) is 0 Å². The summed E-state index contributed by atoms with van der Waals surface area (Å²) in [6.07, 6.45) is 6.57. The minimum absolute atomic E-state index is 0.248. The number of rotatable bonds is 7. The smallest absolute Gasteiger partial charge is 0.162 e. The van der Waals surface area contributed by atoms with Crippen molar-refractivity contribution in [3.63, 3.8) is 0 Å². The molecule has 0 amide bonds. The number of Topliss-reactive ketones (excluding diaryl/α,β-unsaturated/α-hetero) is 1. The molecule has 100 valence electrons. The summed E-state index contributed by atoms with van der Waals surface area (Å²) in [4.78, 5) is 12.1. The largest absolute Gasteiger partial charge is 0.398 e. The van der Waals surface area contributed by atoms with Crippen molar-refractivity contribution < 1.29 is 4.79 Å². The number of anilines is 1. The fourth-order valence-electron chi connectivity index (χ4n) is 2.17. The van der Waals surface area contributed by atoms with E-state index in [0.717, 1.165) is 35.2 Å². The maximum absolute atomic E-state index is 12.1. The fourth-order valence-corrected chi connectivity index (χ4v) is 2.17. The number of nitrogens with two attached hydrogens (primary N) is 1. The van der Waals surface area contributed by atoms with Crippen LogP contribution in [0, 0.1) is 13.8 Å². The summed E-state index contributed by atoms with van der Waals surface area (Å²) in [5.41, 5.74) is 9.52. The minimum Gasteiger partial charge on any atom is -0.398 e. The lowest BCUT2D eigenvalue weighted by Crippen LogP contribution is -2.03. The van der Waals surface area contributed by atoms with Crippen LogP contribution in [0.3, 0.4) is 0 Å². The number of hydrogen-bond donors (Lipinski definition) is 1. The van der Waals surface area contributed by atoms with Gasteiger partial charge in [0.1, 0.15) is 0 Å². The third kappa shape index (κ3) is 4.17. The van der Waals surface area contributed by atoms with Gasteiger partial charge >= 0.3 is 0 Å². The highest BCUT2D eigenvalue weighted by Gasteiger charge is 2.09. The predicted molar refractivity (Wildman–Crippen MR) is 78.0 cm³/mol. The molecule has 0 aliphatic rings. The molecule has 0 aromatic heterocycles. The van der Waals surface area contributed by atoms with E-state index in [4.69, 9.17) is 5.73 Å². The molecule has 0 spiro atoms. The van der Waals surface area contributed by atoms with Crippen molar-refractivity contribution in [2.45, 2.75) is 59.3 Å². The van der Waals surface area contributed by atoms with Crippen LogP contribution >= 0.6 is 0 Å². The van der Waals surface area contributed by atoms with Gasteiger partial charge in [0.05, 0.1) is 0 Å². The van der Waals surface area contributed by atoms with E-state index in [0.29, 0.717) is 6.42 Å². The second-order valence-electron chi connectivity index (χ2n) is 5.11. The van der Waals surface area contributed by atoms with Crippen molar-refractivity contribution >= 4 is 11.5 Å². The Kier molecular flexibility index (Phi) is 5.90. The highest BCUT2D eigenvalue weighted by molar-refractivity contribution is 5.97. The number of hydrogen-bond acceptors (Lipinski definition) is 2. The van der Waals surface area contributed by atoms with Gasteiger partial charge in [0.2, 0.25) is 0 Å². The summed E-state index contributed by atoms with van der Waals surface area (Å²) in [5, 5.41) is 0. The van der Waals surface area contributed by atoms with Crippen LogP contribution in [0.2, 0.25) is 0 Å². The lowest BCUT2D eigenvalue weighted by atomic mass is 9.99. The number of unbranched alkanes of at least 4 members (excludes halogenated alkanes) is 4. The first kappa shape index (κ1) is 14.7. The maximum Gasteiger partial charge on any atom is 0.162 e. The van der Waals surface area contributed by atoms with E-state index >= 15 is 0 Å². The molecule has 2 N–H and O–H groups in total. The van der Waals surface area contributed by atoms with Gasteiger partial charge in [0.15, 0.2) is 5.78 Å². The van der Waals surface area contributed by atoms with Crippen molar-refractivity contribution in [1.82, 2.24) is 0 Å². The van der Waals surface area contributed by atoms with Gasteiger partial charge in [-0.1, -0.05) is 32.6 Å². The first-order valence-electron chi connectivity index (χ1n) is 6.96. The Hall–Kier alpha value is -1.31. The Balaban J connectivity index is 2.52. The summed E-state index contributed by atoms with van der Waals surface area (Å²) >= 11 is 0. The molecule has 0 fully saturated rings. The van der Waals surface area contributed by atoms with Crippen molar-refractivity contribution in [2.75, 3.05) is 5.73 Å². The Morgan fingerprint density at radius 2 is 1.61 bits per heavy atom. The zero-order chi connectivity index (χ0) is 13.5. The molecular weight excluding hydrogens is 222 g/mol. The first-order chi connectivity index (χ1) is 8.56. The SMILES string of the molecule is CCCCCCCC(=O)c1cc(C)c(N)c(C)c1. The van der Waals surface area contributed by atoms with Gasteiger partial charge < -0.3 is 5.73 Å². The number of carbonyl (C=O) groups excluding carboxylic acids is 1. The van der Waals surface area contributed by atoms with Gasteiger partial charge in [-0.15, -0.1) is 0 Å². The van der Waals surface area contributed by atoms with Crippen LogP contribution in [0.1, 0.15) is 66.9 Å². The van der Waals surface area contributed by atoms with Gasteiger partial charge in [0, 0.05) is 17.7 Å². The second kappa shape index (κ2) is 7.20. The Morgan fingerprint density at radius 1 is 1.06 bits per heavy atom. The molecule has 0 unspecified atom stereocenters. The fraction of sp³-hybridized carbons (Fsp3) is 0.562. The van der Waals surface area contributed by atoms with Crippen molar-refractivity contribution in [1.29, 1.82) is 0 Å². The van der Waals surface area contributed by atoms with Crippen molar-refractivity contribution in [3.05, 3.63) is 28.8 Å². The van der Waals surface area contributed by atoms with E-state index in [-0.39, 0.29) is 5.78 Å². The molecule has 0 aliphatic heterocycles. The molecule has 0 atom stereocenters. The second-order valence-corrected chi connectivity index (χ2v) is 5.11. The third-order valence-electron chi connectivity index (χ3n) is 3.42. The van der Waals surface area contributed by atoms with Gasteiger partial charge in [-0.25, -0.2) is 0 Å². The van der Waals surface area contributed by atoms with Crippen LogP contribution in [-0.4, -0.2) is 5.78 Å². The summed E-state index contributed by atoms with van der Waals surface area (Å²) < 4.78 is 0. The summed E-state index contributed by atoms with van der Waals surface area (Å²) in [6, 6.07) is 3.83. The van der Waals surface area contributed by atoms with Crippen LogP contribution in [0.25, 0.3) is 0 Å². The average Bonchev–Trinajstić information content (AvgIpc) is 2.34. The van der Waals surface area contributed by atoms with Gasteiger partial charge in [-0.05, 0) is 43.5 Å². The third-order valence-corrected chi connectivity index (χ3v) is 3.42.